The summed E-state index contributed by atoms with van der Waals surface area (Å²) >= 11 is 6.42. The van der Waals surface area contributed by atoms with Gasteiger partial charge in [0, 0.05) is 58.1 Å². The average molecular weight is 637 g/mol. The summed E-state index contributed by atoms with van der Waals surface area (Å²) in [5.41, 5.74) is -0.669. The number of piperazine rings is 1. The van der Waals surface area contributed by atoms with Gasteiger partial charge in [0.05, 0.1) is 40.1 Å². The number of aromatic nitrogens is 4. The number of amides is 3. The molecule has 4 heterocycles. The number of nitrogens with zero attached hydrogens (tertiary/aromatic N) is 6. The molecule has 2 aromatic heterocycles. The minimum atomic E-state index is -4.68. The van der Waals surface area contributed by atoms with E-state index in [4.69, 9.17) is 11.6 Å². The first-order valence-corrected chi connectivity index (χ1v) is 14.5. The van der Waals surface area contributed by atoms with Crippen molar-refractivity contribution in [2.75, 3.05) is 38.0 Å². The molecule has 2 N–H and O–H groups in total. The fourth-order valence-corrected chi connectivity index (χ4v) is 5.80. The number of benzene rings is 1. The number of alkyl halides is 4. The van der Waals surface area contributed by atoms with Crippen LogP contribution in [-0.2, 0) is 18.0 Å². The van der Waals surface area contributed by atoms with Gasteiger partial charge in [-0.25, -0.2) is 9.37 Å². The molecule has 0 radical (unpaired) electrons. The van der Waals surface area contributed by atoms with Crippen LogP contribution in [0.3, 0.4) is 0 Å². The lowest BCUT2D eigenvalue weighted by Crippen LogP contribution is -2.54. The molecule has 1 saturated carbocycles. The summed E-state index contributed by atoms with van der Waals surface area (Å²) in [6.45, 7) is 1.33. The summed E-state index contributed by atoms with van der Waals surface area (Å²) in [4.78, 5) is 46.1. The van der Waals surface area contributed by atoms with E-state index < -0.39 is 30.0 Å². The lowest BCUT2D eigenvalue weighted by Gasteiger charge is -2.36. The molecule has 3 aliphatic rings. The molecule has 3 fully saturated rings. The molecule has 0 bridgehead atoms. The van der Waals surface area contributed by atoms with E-state index in [0.717, 1.165) is 12.8 Å². The van der Waals surface area contributed by atoms with Crippen LogP contribution in [0.25, 0.3) is 11.3 Å². The molecule has 44 heavy (non-hydrogen) atoms. The van der Waals surface area contributed by atoms with Crippen molar-refractivity contribution in [1.29, 1.82) is 0 Å². The number of imidazole rings is 1. The molecule has 3 amide bonds. The van der Waals surface area contributed by atoms with Gasteiger partial charge >= 0.3 is 6.18 Å². The van der Waals surface area contributed by atoms with E-state index in [9.17, 15) is 31.9 Å². The van der Waals surface area contributed by atoms with Crippen LogP contribution in [0.1, 0.15) is 52.0 Å². The third-order valence-electron chi connectivity index (χ3n) is 8.10. The van der Waals surface area contributed by atoms with E-state index in [1.165, 1.54) is 46.9 Å². The number of carbonyl (C=O) groups excluding carboxylic acids is 3. The molecule has 6 rings (SSSR count). The summed E-state index contributed by atoms with van der Waals surface area (Å²) in [7, 11) is 1.44. The fraction of sp³-hybridized carbons (Fsp3) is 0.464. The first-order chi connectivity index (χ1) is 20.9. The molecule has 1 aromatic carbocycles. The highest BCUT2D eigenvalue weighted by Crippen LogP contribution is 2.41. The SMILES string of the molecule is Cn1c(-c2cn(C3CC3)nc2C(F)(F)F)cnc1C(=O)Nc1ccc(C(=O)N2CCN(C(=O)[C@@H]3C[C@H](F)CN3)CC2)c(Cl)c1. The van der Waals surface area contributed by atoms with Crippen LogP contribution in [0.15, 0.2) is 30.6 Å². The highest BCUT2D eigenvalue weighted by Gasteiger charge is 2.40. The van der Waals surface area contributed by atoms with E-state index in [2.05, 4.69) is 20.7 Å². The third-order valence-corrected chi connectivity index (χ3v) is 8.41. The molecular formula is C28H29ClF4N8O3. The smallest absolute Gasteiger partial charge is 0.338 e. The number of halogens is 5. The number of hydrogen-bond donors (Lipinski definition) is 2. The largest absolute Gasteiger partial charge is 0.435 e. The summed E-state index contributed by atoms with van der Waals surface area (Å²) in [5, 5.41) is 9.34. The fourth-order valence-electron chi connectivity index (χ4n) is 5.54. The normalized spacial score (nSPS) is 20.7. The Labute approximate surface area is 254 Å². The van der Waals surface area contributed by atoms with Gasteiger partial charge < -0.3 is 25.0 Å². The Morgan fingerprint density at radius 2 is 1.80 bits per heavy atom. The van der Waals surface area contributed by atoms with Crippen molar-refractivity contribution in [3.8, 4) is 11.3 Å². The molecule has 16 heteroatoms. The van der Waals surface area contributed by atoms with Gasteiger partial charge in [-0.2, -0.15) is 18.3 Å². The number of carbonyl (C=O) groups is 3. The molecule has 2 aliphatic heterocycles. The lowest BCUT2D eigenvalue weighted by molar-refractivity contribution is -0.141. The second-order valence-electron chi connectivity index (χ2n) is 11.2. The maximum absolute atomic E-state index is 13.7. The average Bonchev–Trinajstić information content (AvgIpc) is 3.38. The van der Waals surface area contributed by atoms with Crippen LogP contribution in [-0.4, -0.2) is 91.8 Å². The molecular weight excluding hydrogens is 608 g/mol. The second-order valence-corrected chi connectivity index (χ2v) is 11.6. The monoisotopic (exact) mass is 636 g/mol. The van der Waals surface area contributed by atoms with E-state index in [0.29, 0.717) is 13.1 Å². The Morgan fingerprint density at radius 3 is 2.41 bits per heavy atom. The van der Waals surface area contributed by atoms with Crippen molar-refractivity contribution < 1.29 is 31.9 Å². The van der Waals surface area contributed by atoms with Gasteiger partial charge in [0.1, 0.15) is 6.17 Å². The Kier molecular flexibility index (Phi) is 7.86. The number of hydrogen-bond acceptors (Lipinski definition) is 6. The Morgan fingerprint density at radius 1 is 1.09 bits per heavy atom. The second kappa shape index (κ2) is 11.5. The van der Waals surface area contributed by atoms with E-state index >= 15 is 0 Å². The molecule has 234 valence electrons. The van der Waals surface area contributed by atoms with E-state index in [1.54, 1.807) is 9.80 Å². The standard InChI is InChI=1S/C28H29ClF4N8O3/c1-38-22(19-14-41(17-3-4-17)37-23(19)28(31,32)33)13-35-24(38)25(42)36-16-2-5-18(20(29)11-16)26(43)39-6-8-40(9-7-39)27(44)21-10-15(30)12-34-21/h2,5,11,13-15,17,21,34H,3-4,6-10,12H2,1H3,(H,36,42)/t15-,21-/m0/s1. The predicted molar refractivity (Wildman–Crippen MR) is 151 cm³/mol. The number of nitrogens with one attached hydrogen (secondary N) is 2. The van der Waals surface area contributed by atoms with Gasteiger partial charge in [-0.05, 0) is 31.0 Å². The van der Waals surface area contributed by atoms with Gasteiger partial charge in [-0.3, -0.25) is 19.1 Å². The minimum absolute atomic E-state index is 0.0693. The predicted octanol–water partition coefficient (Wildman–Crippen LogP) is 3.53. The van der Waals surface area contributed by atoms with Gasteiger partial charge in [0.2, 0.25) is 5.91 Å². The first-order valence-electron chi connectivity index (χ1n) is 14.2. The van der Waals surface area contributed by atoms with Crippen molar-refractivity contribution >= 4 is 35.0 Å². The van der Waals surface area contributed by atoms with Crippen LogP contribution in [0, 0.1) is 0 Å². The van der Waals surface area contributed by atoms with Crippen molar-refractivity contribution in [2.24, 2.45) is 7.05 Å². The number of anilines is 1. The third kappa shape index (κ3) is 5.89. The Balaban J connectivity index is 1.10. The van der Waals surface area contributed by atoms with Crippen molar-refractivity contribution in [3.63, 3.8) is 0 Å². The molecule has 0 unspecified atom stereocenters. The zero-order valence-electron chi connectivity index (χ0n) is 23.6. The van der Waals surface area contributed by atoms with Crippen LogP contribution in [0.2, 0.25) is 5.02 Å². The van der Waals surface area contributed by atoms with E-state index in [1.807, 2.05) is 0 Å². The minimum Gasteiger partial charge on any atom is -0.338 e. The highest BCUT2D eigenvalue weighted by atomic mass is 35.5. The van der Waals surface area contributed by atoms with Crippen LogP contribution >= 0.6 is 11.6 Å². The van der Waals surface area contributed by atoms with Crippen molar-refractivity contribution in [1.82, 2.24) is 34.4 Å². The van der Waals surface area contributed by atoms with Crippen LogP contribution in [0.5, 0.6) is 0 Å². The molecule has 1 aliphatic carbocycles. The highest BCUT2D eigenvalue weighted by molar-refractivity contribution is 6.34. The maximum atomic E-state index is 13.7. The van der Waals surface area contributed by atoms with Gasteiger partial charge in [-0.15, -0.1) is 0 Å². The van der Waals surface area contributed by atoms with Gasteiger partial charge in [0.15, 0.2) is 11.5 Å². The van der Waals surface area contributed by atoms with Gasteiger partial charge in [-0.1, -0.05) is 11.6 Å². The zero-order valence-corrected chi connectivity index (χ0v) is 24.3. The topological polar surface area (TPSA) is 117 Å². The summed E-state index contributed by atoms with van der Waals surface area (Å²) in [6.07, 6.45) is -1.55. The summed E-state index contributed by atoms with van der Waals surface area (Å²) in [6, 6.07) is 3.73. The van der Waals surface area contributed by atoms with Gasteiger partial charge in [0.25, 0.3) is 11.8 Å². The summed E-state index contributed by atoms with van der Waals surface area (Å²) < 4.78 is 57.2. The Hall–Kier alpha value is -3.98. The lowest BCUT2D eigenvalue weighted by atomic mass is 10.1. The molecule has 2 saturated heterocycles. The van der Waals surface area contributed by atoms with Crippen LogP contribution in [0.4, 0.5) is 23.2 Å². The first kappa shape index (κ1) is 30.1. The number of rotatable bonds is 6. The maximum Gasteiger partial charge on any atom is 0.435 e. The van der Waals surface area contributed by atoms with E-state index in [-0.39, 0.29) is 77.3 Å². The van der Waals surface area contributed by atoms with Crippen LogP contribution < -0.4 is 10.6 Å². The molecule has 2 atom stereocenters. The molecule has 3 aromatic rings. The molecule has 11 nitrogen and oxygen atoms in total. The Bertz CT molecular complexity index is 1610. The molecule has 0 spiro atoms. The quantitative estimate of drug-likeness (QED) is 0.400. The van der Waals surface area contributed by atoms with Crippen molar-refractivity contribution in [3.05, 3.63) is 52.7 Å². The summed E-state index contributed by atoms with van der Waals surface area (Å²) in [5.74, 6) is -1.34. The zero-order chi connectivity index (χ0) is 31.3. The van der Waals surface area contributed by atoms with Crippen molar-refractivity contribution in [2.45, 2.75) is 43.7 Å².